The largest absolute Gasteiger partial charge is 0.407 e. The van der Waals surface area contributed by atoms with Gasteiger partial charge >= 0.3 is 0 Å². The molecule has 0 spiro atoms. The molecule has 2 nitrogen and oxygen atoms in total. The molecule has 0 N–H and O–H groups in total. The van der Waals surface area contributed by atoms with E-state index in [4.69, 9.17) is 4.43 Å². The Morgan fingerprint density at radius 1 is 1.24 bits per heavy atom. The highest BCUT2D eigenvalue weighted by Crippen LogP contribution is 2.15. The first-order valence-electron chi connectivity index (χ1n) is 6.75. The average molecular weight is 256 g/mol. The van der Waals surface area contributed by atoms with Crippen LogP contribution in [0.15, 0.2) is 12.2 Å². The lowest BCUT2D eigenvalue weighted by molar-refractivity contribution is -0.121. The van der Waals surface area contributed by atoms with E-state index >= 15 is 0 Å². The number of hydrogen-bond donors (Lipinski definition) is 0. The number of rotatable bonds is 9. The zero-order chi connectivity index (χ0) is 13.3. The minimum absolute atomic E-state index is 0.131. The first kappa shape index (κ1) is 16.6. The minimum atomic E-state index is -1.64. The van der Waals surface area contributed by atoms with E-state index in [0.29, 0.717) is 0 Å². The maximum atomic E-state index is 11.9. The highest BCUT2D eigenvalue weighted by Gasteiger charge is 2.24. The van der Waals surface area contributed by atoms with Gasteiger partial charge in [-0.3, -0.25) is 4.79 Å². The Morgan fingerprint density at radius 3 is 2.35 bits per heavy atom. The quantitative estimate of drug-likeness (QED) is 0.349. The summed E-state index contributed by atoms with van der Waals surface area (Å²) >= 11 is 0. The van der Waals surface area contributed by atoms with Crippen LogP contribution in [0.1, 0.15) is 46.0 Å². The topological polar surface area (TPSA) is 26.3 Å². The van der Waals surface area contributed by atoms with Gasteiger partial charge in [0.1, 0.15) is 6.10 Å². The van der Waals surface area contributed by atoms with Crippen LogP contribution in [0.25, 0.3) is 0 Å². The van der Waals surface area contributed by atoms with Crippen LogP contribution in [0.3, 0.4) is 0 Å². The van der Waals surface area contributed by atoms with Gasteiger partial charge in [-0.2, -0.15) is 0 Å². The second kappa shape index (κ2) is 8.64. The fourth-order valence-corrected chi connectivity index (χ4v) is 2.80. The maximum absolute atomic E-state index is 11.9. The highest BCUT2D eigenvalue weighted by atomic mass is 28.4. The molecule has 100 valence electrons. The smallest absolute Gasteiger partial charge is 0.184 e. The summed E-state index contributed by atoms with van der Waals surface area (Å²) in [7, 11) is -1.64. The summed E-state index contributed by atoms with van der Waals surface area (Å²) in [6, 6.07) is 0. The molecule has 0 fully saturated rings. The van der Waals surface area contributed by atoms with Crippen LogP contribution in [0.2, 0.25) is 19.6 Å². The van der Waals surface area contributed by atoms with Gasteiger partial charge in [-0.05, 0) is 39.1 Å². The van der Waals surface area contributed by atoms with Crippen LogP contribution in [0.4, 0.5) is 0 Å². The van der Waals surface area contributed by atoms with Crippen LogP contribution < -0.4 is 0 Å². The first-order chi connectivity index (χ1) is 7.90. The fourth-order valence-electron chi connectivity index (χ4n) is 1.71. The molecule has 0 amide bonds. The number of ketones is 1. The lowest BCUT2D eigenvalue weighted by Gasteiger charge is -2.24. The second-order valence-electron chi connectivity index (χ2n) is 5.47. The molecule has 0 bridgehead atoms. The van der Waals surface area contributed by atoms with Crippen molar-refractivity contribution >= 4 is 14.1 Å². The molecule has 0 aliphatic rings. The van der Waals surface area contributed by atoms with Crippen LogP contribution in [0, 0.1) is 0 Å². The van der Waals surface area contributed by atoms with Gasteiger partial charge in [0.2, 0.25) is 0 Å². The van der Waals surface area contributed by atoms with Crippen molar-refractivity contribution in [3.8, 4) is 0 Å². The Labute approximate surface area is 108 Å². The summed E-state index contributed by atoms with van der Waals surface area (Å²) in [6.45, 7) is 10.5. The van der Waals surface area contributed by atoms with E-state index < -0.39 is 8.32 Å². The fraction of sp³-hybridized carbons (Fsp3) is 0.786. The summed E-state index contributed by atoms with van der Waals surface area (Å²) in [4.78, 5) is 11.9. The number of carbonyl (C=O) groups excluding carboxylic acids is 1. The van der Waals surface area contributed by atoms with Crippen LogP contribution in [0.5, 0.6) is 0 Å². The SMILES string of the molecule is C/C=C/C(=O)C(CCCCCC)O[Si](C)(C)C. The molecule has 0 aliphatic carbocycles. The molecule has 3 heteroatoms. The third kappa shape index (κ3) is 9.30. The van der Waals surface area contributed by atoms with Gasteiger partial charge in [-0.25, -0.2) is 0 Å². The molecule has 0 saturated heterocycles. The van der Waals surface area contributed by atoms with Crippen LogP contribution >= 0.6 is 0 Å². The third-order valence-corrected chi connectivity index (χ3v) is 3.46. The first-order valence-corrected chi connectivity index (χ1v) is 10.2. The summed E-state index contributed by atoms with van der Waals surface area (Å²) in [6.07, 6.45) is 8.86. The van der Waals surface area contributed by atoms with E-state index in [1.54, 1.807) is 12.2 Å². The number of carbonyl (C=O) groups is 1. The molecular formula is C14H28O2Si. The van der Waals surface area contributed by atoms with Crippen molar-refractivity contribution in [1.82, 2.24) is 0 Å². The van der Waals surface area contributed by atoms with Crippen molar-refractivity contribution in [2.24, 2.45) is 0 Å². The van der Waals surface area contributed by atoms with Gasteiger partial charge in [0, 0.05) is 0 Å². The summed E-state index contributed by atoms with van der Waals surface area (Å²) < 4.78 is 5.97. The van der Waals surface area contributed by atoms with E-state index in [2.05, 4.69) is 26.6 Å². The summed E-state index contributed by atoms with van der Waals surface area (Å²) in [5, 5.41) is 0. The number of hydrogen-bond acceptors (Lipinski definition) is 2. The molecule has 17 heavy (non-hydrogen) atoms. The third-order valence-electron chi connectivity index (χ3n) is 2.46. The molecule has 0 aliphatic heterocycles. The van der Waals surface area contributed by atoms with Crippen LogP contribution in [-0.4, -0.2) is 20.2 Å². The molecule has 0 radical (unpaired) electrons. The molecular weight excluding hydrogens is 228 g/mol. The van der Waals surface area contributed by atoms with E-state index in [1.165, 1.54) is 19.3 Å². The van der Waals surface area contributed by atoms with E-state index in [1.807, 2.05) is 6.92 Å². The highest BCUT2D eigenvalue weighted by molar-refractivity contribution is 6.69. The minimum Gasteiger partial charge on any atom is -0.407 e. The van der Waals surface area contributed by atoms with Crippen molar-refractivity contribution < 1.29 is 9.22 Å². The molecule has 0 saturated carbocycles. The predicted molar refractivity (Wildman–Crippen MR) is 76.8 cm³/mol. The second-order valence-corrected chi connectivity index (χ2v) is 9.93. The van der Waals surface area contributed by atoms with Crippen molar-refractivity contribution in [3.63, 3.8) is 0 Å². The summed E-state index contributed by atoms with van der Waals surface area (Å²) in [5.74, 6) is 0.131. The van der Waals surface area contributed by atoms with Gasteiger partial charge in [0.15, 0.2) is 14.1 Å². The van der Waals surface area contributed by atoms with Gasteiger partial charge < -0.3 is 4.43 Å². The van der Waals surface area contributed by atoms with Gasteiger partial charge in [-0.1, -0.05) is 38.7 Å². The van der Waals surface area contributed by atoms with Gasteiger partial charge in [0.25, 0.3) is 0 Å². The predicted octanol–water partition coefficient (Wildman–Crippen LogP) is 4.32. The van der Waals surface area contributed by atoms with Crippen molar-refractivity contribution in [2.75, 3.05) is 0 Å². The van der Waals surface area contributed by atoms with Gasteiger partial charge in [0.05, 0.1) is 0 Å². The van der Waals surface area contributed by atoms with E-state index in [9.17, 15) is 4.79 Å². The normalized spacial score (nSPS) is 14.2. The Kier molecular flexibility index (Phi) is 8.43. The zero-order valence-electron chi connectivity index (χ0n) is 12.1. The van der Waals surface area contributed by atoms with Crippen molar-refractivity contribution in [1.29, 1.82) is 0 Å². The van der Waals surface area contributed by atoms with Gasteiger partial charge in [-0.15, -0.1) is 0 Å². The molecule has 0 rings (SSSR count). The Hall–Kier alpha value is -0.413. The lowest BCUT2D eigenvalue weighted by atomic mass is 10.1. The molecule has 1 unspecified atom stereocenters. The Morgan fingerprint density at radius 2 is 1.88 bits per heavy atom. The standard InChI is InChI=1S/C14H28O2Si/c1-6-8-9-10-12-14(13(15)11-7-2)16-17(3,4)5/h7,11,14H,6,8-10,12H2,1-5H3/b11-7+. The molecule has 0 aromatic carbocycles. The average Bonchev–Trinajstić information content (AvgIpc) is 2.21. The maximum Gasteiger partial charge on any atom is 0.184 e. The number of unbranched alkanes of at least 4 members (excludes halogenated alkanes) is 3. The number of allylic oxidation sites excluding steroid dienone is 1. The van der Waals surface area contributed by atoms with Crippen molar-refractivity contribution in [3.05, 3.63) is 12.2 Å². The molecule has 0 heterocycles. The van der Waals surface area contributed by atoms with E-state index in [-0.39, 0.29) is 11.9 Å². The van der Waals surface area contributed by atoms with Crippen molar-refractivity contribution in [2.45, 2.75) is 71.7 Å². The molecule has 0 aromatic heterocycles. The summed E-state index contributed by atoms with van der Waals surface area (Å²) in [5.41, 5.74) is 0. The van der Waals surface area contributed by atoms with Crippen LogP contribution in [-0.2, 0) is 9.22 Å². The Balaban J connectivity index is 4.26. The molecule has 1 atom stereocenters. The lowest BCUT2D eigenvalue weighted by Crippen LogP contribution is -2.36. The zero-order valence-corrected chi connectivity index (χ0v) is 13.1. The molecule has 0 aromatic rings. The van der Waals surface area contributed by atoms with E-state index in [0.717, 1.165) is 12.8 Å². The Bertz CT molecular complexity index is 241. The monoisotopic (exact) mass is 256 g/mol.